The Labute approximate surface area is 91.8 Å². The van der Waals surface area contributed by atoms with E-state index >= 15 is 0 Å². The summed E-state index contributed by atoms with van der Waals surface area (Å²) in [4.78, 5) is 0. The van der Waals surface area contributed by atoms with Crippen molar-refractivity contribution in [2.24, 2.45) is 0 Å². The number of hydrogen-bond acceptors (Lipinski definition) is 1. The van der Waals surface area contributed by atoms with E-state index in [1.54, 1.807) is 0 Å². The molecule has 1 N–H and O–H groups in total. The van der Waals surface area contributed by atoms with Crippen LogP contribution in [0.1, 0.15) is 20.8 Å². The normalized spacial score (nSPS) is 10.1. The quantitative estimate of drug-likeness (QED) is 0.710. The van der Waals surface area contributed by atoms with E-state index in [-0.39, 0.29) is 10.2 Å². The Kier molecular flexibility index (Phi) is 8.11. The summed E-state index contributed by atoms with van der Waals surface area (Å²) < 4.78 is 1.10. The fourth-order valence-corrected chi connectivity index (χ4v) is 1.96. The van der Waals surface area contributed by atoms with Gasteiger partial charge < -0.3 is 5.48 Å². The first-order valence-corrected chi connectivity index (χ1v) is 5.20. The predicted octanol–water partition coefficient (Wildman–Crippen LogP) is 3.03. The van der Waals surface area contributed by atoms with Gasteiger partial charge in [-0.1, -0.05) is 18.2 Å². The van der Waals surface area contributed by atoms with Crippen LogP contribution in [0.3, 0.4) is 0 Å². The molecule has 0 saturated carbocycles. The highest BCUT2D eigenvalue weighted by molar-refractivity contribution is 5.42. The second-order valence-electron chi connectivity index (χ2n) is 3.43. The van der Waals surface area contributed by atoms with E-state index in [1.165, 1.54) is 25.3 Å². The molecule has 0 fully saturated rings. The zero-order valence-electron chi connectivity index (χ0n) is 9.81. The number of hydrogen-bond donors (Lipinski definition) is 0. The van der Waals surface area contributed by atoms with Crippen molar-refractivity contribution < 1.29 is 10.2 Å². The van der Waals surface area contributed by atoms with Crippen LogP contribution in [0.15, 0.2) is 30.3 Å². The van der Waals surface area contributed by atoms with Gasteiger partial charge in [-0.2, -0.15) is 0 Å². The van der Waals surface area contributed by atoms with Gasteiger partial charge >= 0.3 is 0 Å². The summed E-state index contributed by atoms with van der Waals surface area (Å²) in [6.45, 7) is 10.3. The van der Waals surface area contributed by atoms with Crippen molar-refractivity contribution in [2.45, 2.75) is 20.8 Å². The first-order chi connectivity index (χ1) is 6.29. The molecule has 1 rings (SSSR count). The zero-order valence-corrected chi connectivity index (χ0v) is 9.81. The highest BCUT2D eigenvalue weighted by Crippen LogP contribution is 2.21. The van der Waals surface area contributed by atoms with Crippen LogP contribution in [-0.2, 0) is 0 Å². The number of halogens is 1. The smallest absolute Gasteiger partial charge is 0.132 e. The SMILES string of the molecule is CC[N+](CC)(CC)c1ccccc1.F.[OH-]. The fourth-order valence-electron chi connectivity index (χ4n) is 1.96. The third kappa shape index (κ3) is 3.29. The monoisotopic (exact) mass is 215 g/mol. The Morgan fingerprint density at radius 1 is 0.867 bits per heavy atom. The molecule has 0 heterocycles. The molecule has 0 saturated heterocycles. The van der Waals surface area contributed by atoms with Crippen LogP contribution in [0.5, 0.6) is 0 Å². The molecule has 0 aliphatic carbocycles. The number of quaternary nitrogens is 1. The average Bonchev–Trinajstić information content (AvgIpc) is 2.23. The summed E-state index contributed by atoms with van der Waals surface area (Å²) >= 11 is 0. The van der Waals surface area contributed by atoms with Gasteiger partial charge in [0, 0.05) is 0 Å². The lowest BCUT2D eigenvalue weighted by Gasteiger charge is -2.35. The van der Waals surface area contributed by atoms with E-state index in [0.717, 1.165) is 4.48 Å². The Morgan fingerprint density at radius 3 is 1.60 bits per heavy atom. The van der Waals surface area contributed by atoms with Gasteiger partial charge in [-0.3, -0.25) is 9.19 Å². The second-order valence-corrected chi connectivity index (χ2v) is 3.43. The van der Waals surface area contributed by atoms with Crippen LogP contribution < -0.4 is 4.48 Å². The van der Waals surface area contributed by atoms with Gasteiger partial charge in [-0.25, -0.2) is 0 Å². The maximum atomic E-state index is 2.26. The van der Waals surface area contributed by atoms with Crippen molar-refractivity contribution in [2.75, 3.05) is 19.6 Å². The maximum Gasteiger partial charge on any atom is 0.132 e. The van der Waals surface area contributed by atoms with E-state index < -0.39 is 0 Å². The Balaban J connectivity index is 0. The highest BCUT2D eigenvalue weighted by atomic mass is 19.0. The maximum absolute atomic E-state index is 2.26. The lowest BCUT2D eigenvalue weighted by molar-refractivity contribution is 0.316. The van der Waals surface area contributed by atoms with E-state index in [0.29, 0.717) is 0 Å². The van der Waals surface area contributed by atoms with E-state index in [4.69, 9.17) is 0 Å². The molecule has 0 spiro atoms. The van der Waals surface area contributed by atoms with Gasteiger partial charge in [0.1, 0.15) is 5.69 Å². The Bertz CT molecular complexity index is 239. The van der Waals surface area contributed by atoms with Crippen LogP contribution in [-0.4, -0.2) is 25.1 Å². The number of rotatable bonds is 4. The van der Waals surface area contributed by atoms with Gasteiger partial charge in [-0.15, -0.1) is 0 Å². The summed E-state index contributed by atoms with van der Waals surface area (Å²) in [6.07, 6.45) is 0. The fraction of sp³-hybridized carbons (Fsp3) is 0.500. The summed E-state index contributed by atoms with van der Waals surface area (Å²) in [5.41, 5.74) is 1.44. The Morgan fingerprint density at radius 2 is 1.27 bits per heavy atom. The molecule has 3 heteroatoms. The molecule has 88 valence electrons. The summed E-state index contributed by atoms with van der Waals surface area (Å²) in [6, 6.07) is 10.8. The van der Waals surface area contributed by atoms with E-state index in [1.807, 2.05) is 0 Å². The number of nitrogens with zero attached hydrogens (tertiary/aromatic N) is 1. The summed E-state index contributed by atoms with van der Waals surface area (Å²) in [5, 5.41) is 0. The van der Waals surface area contributed by atoms with Crippen LogP contribution in [0.25, 0.3) is 0 Å². The van der Waals surface area contributed by atoms with Crippen molar-refractivity contribution in [3.63, 3.8) is 0 Å². The second kappa shape index (κ2) is 7.37. The molecule has 0 radical (unpaired) electrons. The van der Waals surface area contributed by atoms with Crippen LogP contribution >= 0.6 is 0 Å². The number of para-hydroxylation sites is 1. The van der Waals surface area contributed by atoms with Gasteiger partial charge in [0.2, 0.25) is 0 Å². The standard InChI is InChI=1S/C12H20N.FH.H2O/c1-4-13(5-2,6-3)12-10-8-7-9-11-12;;/h7-11H,4-6H2,1-3H3;1H;1H2/q+1;;/p-1. The molecule has 2 nitrogen and oxygen atoms in total. The molecule has 15 heavy (non-hydrogen) atoms. The van der Waals surface area contributed by atoms with Crippen molar-refractivity contribution >= 4 is 5.69 Å². The molecular formula is C12H22FNO. The molecule has 1 aromatic carbocycles. The molecule has 0 bridgehead atoms. The molecule has 0 amide bonds. The van der Waals surface area contributed by atoms with Crippen LogP contribution in [0.4, 0.5) is 10.4 Å². The topological polar surface area (TPSA) is 30.0 Å². The average molecular weight is 215 g/mol. The third-order valence-corrected chi connectivity index (χ3v) is 3.12. The first kappa shape index (κ1) is 16.5. The van der Waals surface area contributed by atoms with Crippen molar-refractivity contribution in [1.82, 2.24) is 4.48 Å². The Hall–Kier alpha value is -0.930. The van der Waals surface area contributed by atoms with Gasteiger partial charge in [0.05, 0.1) is 19.6 Å². The lowest BCUT2D eigenvalue weighted by Crippen LogP contribution is -2.48. The molecule has 0 atom stereocenters. The minimum atomic E-state index is 0. The van der Waals surface area contributed by atoms with E-state index in [9.17, 15) is 0 Å². The zero-order chi connectivity index (χ0) is 9.73. The molecule has 0 aliphatic heterocycles. The third-order valence-electron chi connectivity index (χ3n) is 3.12. The van der Waals surface area contributed by atoms with Crippen LogP contribution in [0, 0.1) is 0 Å². The van der Waals surface area contributed by atoms with Gasteiger partial charge in [0.25, 0.3) is 0 Å². The minimum Gasteiger partial charge on any atom is -0.870 e. The number of benzene rings is 1. The molecular weight excluding hydrogens is 193 g/mol. The molecule has 0 unspecified atom stereocenters. The lowest BCUT2D eigenvalue weighted by atomic mass is 10.2. The van der Waals surface area contributed by atoms with Gasteiger partial charge in [0.15, 0.2) is 0 Å². The summed E-state index contributed by atoms with van der Waals surface area (Å²) in [5.74, 6) is 0. The van der Waals surface area contributed by atoms with Crippen molar-refractivity contribution in [1.29, 1.82) is 0 Å². The first-order valence-electron chi connectivity index (χ1n) is 5.20. The molecule has 0 aliphatic rings. The van der Waals surface area contributed by atoms with Crippen LogP contribution in [0.2, 0.25) is 0 Å². The van der Waals surface area contributed by atoms with Gasteiger partial charge in [-0.05, 0) is 32.9 Å². The van der Waals surface area contributed by atoms with Crippen molar-refractivity contribution in [3.8, 4) is 0 Å². The van der Waals surface area contributed by atoms with Crippen molar-refractivity contribution in [3.05, 3.63) is 30.3 Å². The molecule has 1 aromatic rings. The highest BCUT2D eigenvalue weighted by Gasteiger charge is 2.23. The van der Waals surface area contributed by atoms with E-state index in [2.05, 4.69) is 51.1 Å². The summed E-state index contributed by atoms with van der Waals surface area (Å²) in [7, 11) is 0. The largest absolute Gasteiger partial charge is 0.870 e. The predicted molar refractivity (Wildman–Crippen MR) is 64.3 cm³/mol. The minimum absolute atomic E-state index is 0. The molecule has 0 aromatic heterocycles.